The van der Waals surface area contributed by atoms with E-state index in [-0.39, 0.29) is 18.8 Å². The van der Waals surface area contributed by atoms with Gasteiger partial charge in [0, 0.05) is 31.3 Å². The topological polar surface area (TPSA) is 182 Å². The molecule has 42 heavy (non-hydrogen) atoms. The van der Waals surface area contributed by atoms with Gasteiger partial charge in [0.1, 0.15) is 16.9 Å². The molecule has 0 spiro atoms. The molecule has 2 aromatic carbocycles. The zero-order valence-corrected chi connectivity index (χ0v) is 24.5. The maximum Gasteiger partial charge on any atom is 0.330 e. The van der Waals surface area contributed by atoms with Crippen molar-refractivity contribution in [1.82, 2.24) is 14.5 Å². The third kappa shape index (κ3) is 5.87. The zero-order valence-electron chi connectivity index (χ0n) is 24.5. The molecule has 2 heterocycles. The molecule has 3 aromatic rings. The normalized spacial score (nSPS) is 13.1. The Morgan fingerprint density at radius 1 is 1.00 bits per heavy atom. The molecule has 2 amide bonds. The van der Waals surface area contributed by atoms with Gasteiger partial charge in [0.05, 0.1) is 25.1 Å². The molecule has 0 aliphatic carbocycles. The Kier molecular flexibility index (Phi) is 8.74. The van der Waals surface area contributed by atoms with E-state index in [2.05, 4.69) is 5.32 Å². The van der Waals surface area contributed by atoms with E-state index in [1.807, 2.05) is 58.0 Å². The first-order valence-electron chi connectivity index (χ1n) is 13.6. The highest BCUT2D eigenvalue weighted by molar-refractivity contribution is 6.02. The number of rotatable bonds is 9. The molecule has 12 heteroatoms. The summed E-state index contributed by atoms with van der Waals surface area (Å²) in [5, 5.41) is 2.59. The summed E-state index contributed by atoms with van der Waals surface area (Å²) < 4.78 is 14.6. The molecular formula is C30H37N7O5. The van der Waals surface area contributed by atoms with Crippen LogP contribution in [0.5, 0.6) is 11.5 Å². The van der Waals surface area contributed by atoms with E-state index in [1.165, 1.54) is 4.57 Å². The summed E-state index contributed by atoms with van der Waals surface area (Å²) in [6.45, 7) is 8.91. The predicted molar refractivity (Wildman–Crippen MR) is 159 cm³/mol. The summed E-state index contributed by atoms with van der Waals surface area (Å²) in [6, 6.07) is 9.80. The molecule has 12 nitrogen and oxygen atoms in total. The van der Waals surface area contributed by atoms with Gasteiger partial charge in [0.2, 0.25) is 0 Å². The predicted octanol–water partition coefficient (Wildman–Crippen LogP) is 1.17. The van der Waals surface area contributed by atoms with Crippen LogP contribution in [0.3, 0.4) is 0 Å². The Bertz CT molecular complexity index is 1710. The molecule has 0 radical (unpaired) electrons. The number of carbonyl (C=O) groups excluding carboxylic acids is 2. The lowest BCUT2D eigenvalue weighted by molar-refractivity contribution is -0.119. The lowest BCUT2D eigenvalue weighted by atomic mass is 9.97. The van der Waals surface area contributed by atoms with Gasteiger partial charge >= 0.3 is 5.69 Å². The van der Waals surface area contributed by atoms with Crippen LogP contribution in [0.25, 0.3) is 11.3 Å². The number of hydrogen-bond donors (Lipinski definition) is 4. The minimum absolute atomic E-state index is 0.0152. The van der Waals surface area contributed by atoms with Crippen LogP contribution >= 0.6 is 0 Å². The number of benzene rings is 2. The fourth-order valence-corrected chi connectivity index (χ4v) is 5.17. The van der Waals surface area contributed by atoms with Crippen LogP contribution in [0.4, 0.5) is 5.69 Å². The van der Waals surface area contributed by atoms with Crippen LogP contribution < -0.4 is 43.2 Å². The number of carbonyl (C=O) groups is 2. The van der Waals surface area contributed by atoms with Crippen LogP contribution in [0.1, 0.15) is 29.2 Å². The number of ether oxygens (including phenoxy) is 2. The molecule has 7 N–H and O–H groups in total. The number of fused-ring (bicyclic) bond motifs is 3. The Morgan fingerprint density at radius 3 is 2.31 bits per heavy atom. The fraction of sp³-hybridized carbons (Fsp3) is 0.333. The number of amides is 2. The average Bonchev–Trinajstić information content (AvgIpc) is 2.94. The highest BCUT2D eigenvalue weighted by atomic mass is 16.5. The highest BCUT2D eigenvalue weighted by Gasteiger charge is 2.23. The van der Waals surface area contributed by atoms with Crippen molar-refractivity contribution in [2.24, 2.45) is 22.2 Å². The Balaban J connectivity index is 1.86. The molecule has 1 aliphatic heterocycles. The first-order chi connectivity index (χ1) is 20.0. The van der Waals surface area contributed by atoms with E-state index < -0.39 is 23.2 Å². The highest BCUT2D eigenvalue weighted by Crippen LogP contribution is 2.37. The van der Waals surface area contributed by atoms with Crippen molar-refractivity contribution in [3.63, 3.8) is 0 Å². The Labute approximate surface area is 243 Å². The molecule has 4 rings (SSSR count). The minimum atomic E-state index is -1.000. The first-order valence-corrected chi connectivity index (χ1v) is 13.6. The smallest absolute Gasteiger partial charge is 0.330 e. The maximum atomic E-state index is 14.0. The second kappa shape index (κ2) is 12.2. The van der Waals surface area contributed by atoms with Gasteiger partial charge in [-0.25, -0.2) is 9.79 Å². The number of aromatic nitrogens is 2. The molecule has 1 aromatic heterocycles. The van der Waals surface area contributed by atoms with E-state index in [9.17, 15) is 14.4 Å². The third-order valence-electron chi connectivity index (χ3n) is 7.15. The third-order valence-corrected chi connectivity index (χ3v) is 7.15. The number of nitrogens with zero attached hydrogens (tertiary/aromatic N) is 3. The lowest BCUT2D eigenvalue weighted by Crippen LogP contribution is -2.44. The van der Waals surface area contributed by atoms with Crippen molar-refractivity contribution in [2.45, 2.75) is 47.2 Å². The van der Waals surface area contributed by atoms with E-state index in [4.69, 9.17) is 31.7 Å². The molecule has 222 valence electrons. The number of hydrogen-bond acceptors (Lipinski definition) is 8. The second-order valence-electron chi connectivity index (χ2n) is 10.1. The van der Waals surface area contributed by atoms with Gasteiger partial charge in [-0.15, -0.1) is 0 Å². The SMILES string of the molecule is CCOc1cc2c(cc1OC)-c1c/c(=N\c3c(C)cc(C)cc3C)n(CCNC(=O)/C(N)=C(/N)C(N)=O)c(=O)n1CC2. The largest absolute Gasteiger partial charge is 0.493 e. The summed E-state index contributed by atoms with van der Waals surface area (Å²) in [7, 11) is 1.58. The second-order valence-corrected chi connectivity index (χ2v) is 10.1. The van der Waals surface area contributed by atoms with Crippen LogP contribution in [-0.4, -0.2) is 41.2 Å². The lowest BCUT2D eigenvalue weighted by Gasteiger charge is -2.25. The number of nitrogens with two attached hydrogens (primary N) is 3. The number of nitrogens with one attached hydrogen (secondary N) is 1. The minimum Gasteiger partial charge on any atom is -0.493 e. The standard InChI is InChI=1S/C30H37N7O5/c1-6-42-23-13-19-7-9-36-21(20(19)14-22(23)41-5)15-24(35-27-17(3)11-16(2)12-18(27)4)37(30(36)40)10-8-34-29(39)26(32)25(31)28(33)38/h11-15H,6-10,31-32H2,1-5H3,(H2,33,38)(H,34,39)/b26-25-,35-24+. The molecule has 0 saturated heterocycles. The molecule has 0 fully saturated rings. The first kappa shape index (κ1) is 30.0. The molecule has 0 bridgehead atoms. The summed E-state index contributed by atoms with van der Waals surface area (Å²) in [5.74, 6) is -0.544. The van der Waals surface area contributed by atoms with Crippen molar-refractivity contribution < 1.29 is 19.1 Å². The monoisotopic (exact) mass is 575 g/mol. The van der Waals surface area contributed by atoms with Crippen LogP contribution in [0.15, 0.2) is 51.5 Å². The van der Waals surface area contributed by atoms with Gasteiger partial charge < -0.3 is 32.0 Å². The van der Waals surface area contributed by atoms with Crippen LogP contribution in [-0.2, 0) is 29.1 Å². The number of primary amides is 1. The van der Waals surface area contributed by atoms with Gasteiger partial charge in [-0.2, -0.15) is 0 Å². The molecular weight excluding hydrogens is 538 g/mol. The average molecular weight is 576 g/mol. The Hall–Kier alpha value is -5.00. The van der Waals surface area contributed by atoms with Crippen molar-refractivity contribution in [2.75, 3.05) is 20.3 Å². The number of aryl methyl sites for hydroxylation is 4. The van der Waals surface area contributed by atoms with Gasteiger partial charge in [-0.05, 0) is 62.9 Å². The van der Waals surface area contributed by atoms with Gasteiger partial charge in [-0.3, -0.25) is 18.7 Å². The fourth-order valence-electron chi connectivity index (χ4n) is 5.17. The van der Waals surface area contributed by atoms with Crippen molar-refractivity contribution in [1.29, 1.82) is 0 Å². The summed E-state index contributed by atoms with van der Waals surface area (Å²) in [6.07, 6.45) is 0.615. The van der Waals surface area contributed by atoms with Gasteiger partial charge in [0.15, 0.2) is 11.5 Å². The zero-order chi connectivity index (χ0) is 30.7. The number of methoxy groups -OCH3 is 1. The molecule has 1 aliphatic rings. The van der Waals surface area contributed by atoms with E-state index in [1.54, 1.807) is 11.7 Å². The van der Waals surface area contributed by atoms with Crippen molar-refractivity contribution in [3.8, 4) is 22.8 Å². The molecule has 0 saturated carbocycles. The van der Waals surface area contributed by atoms with Crippen LogP contribution in [0, 0.1) is 20.8 Å². The summed E-state index contributed by atoms with van der Waals surface area (Å²) in [4.78, 5) is 42.7. The van der Waals surface area contributed by atoms with Gasteiger partial charge in [-0.1, -0.05) is 17.7 Å². The maximum absolute atomic E-state index is 14.0. The summed E-state index contributed by atoms with van der Waals surface area (Å²) >= 11 is 0. The van der Waals surface area contributed by atoms with E-state index >= 15 is 0 Å². The van der Waals surface area contributed by atoms with Crippen molar-refractivity contribution >= 4 is 17.5 Å². The molecule has 0 unspecified atom stereocenters. The summed E-state index contributed by atoms with van der Waals surface area (Å²) in [5.41, 5.74) is 21.8. The Morgan fingerprint density at radius 2 is 1.69 bits per heavy atom. The van der Waals surface area contributed by atoms with E-state index in [0.29, 0.717) is 42.3 Å². The van der Waals surface area contributed by atoms with E-state index in [0.717, 1.165) is 33.5 Å². The van der Waals surface area contributed by atoms with Crippen molar-refractivity contribution in [3.05, 3.63) is 80.0 Å². The molecule has 0 atom stereocenters. The quantitative estimate of drug-likeness (QED) is 0.276. The van der Waals surface area contributed by atoms with Crippen LogP contribution in [0.2, 0.25) is 0 Å². The van der Waals surface area contributed by atoms with Gasteiger partial charge in [0.25, 0.3) is 11.8 Å².